The summed E-state index contributed by atoms with van der Waals surface area (Å²) in [5.41, 5.74) is 0.964. The van der Waals surface area contributed by atoms with Gasteiger partial charge < -0.3 is 10.6 Å². The van der Waals surface area contributed by atoms with E-state index in [1.807, 2.05) is 11.7 Å². The molecule has 5 heteroatoms. The third kappa shape index (κ3) is 6.64. The molecule has 0 spiro atoms. The maximum atomic E-state index is 4.12. The molecule has 1 aliphatic heterocycles. The van der Waals surface area contributed by atoms with Crippen LogP contribution in [0.15, 0.2) is 16.0 Å². The maximum Gasteiger partial charge on any atom is 0.265 e. The first kappa shape index (κ1) is 15.0. The summed E-state index contributed by atoms with van der Waals surface area (Å²) >= 11 is 0. The highest BCUT2D eigenvalue weighted by Crippen LogP contribution is 2.05. The number of unbranched alkanes of at least 4 members (excludes halogenated alkanes) is 3. The van der Waals surface area contributed by atoms with Crippen molar-refractivity contribution in [2.45, 2.75) is 39.0 Å². The van der Waals surface area contributed by atoms with Crippen molar-refractivity contribution in [3.8, 4) is 0 Å². The Morgan fingerprint density at radius 2 is 2.00 bits per heavy atom. The fraction of sp³-hybridized carbons (Fsp3) is 0.846. The van der Waals surface area contributed by atoms with E-state index in [1.54, 1.807) is 0 Å². The molecule has 0 aromatic rings. The van der Waals surface area contributed by atoms with Crippen molar-refractivity contribution in [3.05, 3.63) is 5.70 Å². The first-order valence-electron chi connectivity index (χ1n) is 7.03. The molecule has 0 atom stereocenters. The molecule has 0 aliphatic carbocycles. The Kier molecular flexibility index (Phi) is 8.30. The predicted octanol–water partition coefficient (Wildman–Crippen LogP) is 1.71. The predicted molar refractivity (Wildman–Crippen MR) is 74.1 cm³/mol. The zero-order valence-electron chi connectivity index (χ0n) is 11.7. The zero-order chi connectivity index (χ0) is 13.1. The van der Waals surface area contributed by atoms with E-state index in [4.69, 9.17) is 0 Å². The van der Waals surface area contributed by atoms with Crippen molar-refractivity contribution in [3.63, 3.8) is 0 Å². The van der Waals surface area contributed by atoms with Crippen molar-refractivity contribution >= 4 is 5.87 Å². The lowest BCUT2D eigenvalue weighted by atomic mass is 10.2. The number of nitrogens with one attached hydrogen (secondary N) is 2. The minimum absolute atomic E-state index is 0.913. The van der Waals surface area contributed by atoms with Gasteiger partial charge in [0.25, 0.3) is 5.70 Å². The van der Waals surface area contributed by atoms with Crippen LogP contribution in [-0.2, 0) is 0 Å². The summed E-state index contributed by atoms with van der Waals surface area (Å²) in [6.45, 7) is 6.11. The lowest BCUT2D eigenvalue weighted by Crippen LogP contribution is -2.14. The minimum Gasteiger partial charge on any atom is -0.320 e. The third-order valence-electron chi connectivity index (χ3n) is 2.87. The molecule has 0 amide bonds. The summed E-state index contributed by atoms with van der Waals surface area (Å²) < 4.78 is 1.85. The van der Waals surface area contributed by atoms with E-state index in [-0.39, 0.29) is 0 Å². The number of nitrogens with zero attached hydrogens (tertiary/aromatic N) is 3. The van der Waals surface area contributed by atoms with Gasteiger partial charge in [0.1, 0.15) is 17.6 Å². The van der Waals surface area contributed by atoms with Gasteiger partial charge in [0, 0.05) is 13.0 Å². The van der Waals surface area contributed by atoms with Crippen molar-refractivity contribution in [1.29, 1.82) is 0 Å². The van der Waals surface area contributed by atoms with Gasteiger partial charge in [0.15, 0.2) is 0 Å². The molecule has 0 aromatic carbocycles. The Bertz CT molecular complexity index is 315. The largest absolute Gasteiger partial charge is 0.320 e. The van der Waals surface area contributed by atoms with Gasteiger partial charge >= 0.3 is 0 Å². The maximum absolute atomic E-state index is 4.12. The van der Waals surface area contributed by atoms with Crippen LogP contribution in [0.2, 0.25) is 0 Å². The smallest absolute Gasteiger partial charge is 0.265 e. The minimum atomic E-state index is 0.913. The molecule has 0 aromatic heterocycles. The molecule has 0 saturated heterocycles. The number of rotatable bonds is 11. The van der Waals surface area contributed by atoms with Crippen molar-refractivity contribution in [1.82, 2.24) is 10.6 Å². The van der Waals surface area contributed by atoms with Crippen LogP contribution in [0.25, 0.3) is 0 Å². The van der Waals surface area contributed by atoms with Gasteiger partial charge in [-0.15, -0.1) is 0 Å². The van der Waals surface area contributed by atoms with Gasteiger partial charge in [-0.2, -0.15) is 0 Å². The molecule has 0 unspecified atom stereocenters. The average molecular weight is 252 g/mol. The van der Waals surface area contributed by atoms with Crippen LogP contribution in [0.4, 0.5) is 0 Å². The molecule has 1 rings (SSSR count). The topological polar surface area (TPSA) is 51.8 Å². The van der Waals surface area contributed by atoms with Crippen molar-refractivity contribution < 1.29 is 4.68 Å². The SMILES string of the molecule is CCNCCC1=C=[N+](CCCCCCNC)N=N1. The molecule has 0 radical (unpaired) electrons. The van der Waals surface area contributed by atoms with Gasteiger partial charge in [0.2, 0.25) is 0 Å². The van der Waals surface area contributed by atoms with Gasteiger partial charge in [-0.25, -0.2) is 0 Å². The molecular formula is C13H26N5+. The van der Waals surface area contributed by atoms with Gasteiger partial charge in [-0.1, -0.05) is 18.0 Å². The lowest BCUT2D eigenvalue weighted by molar-refractivity contribution is -0.531. The fourth-order valence-corrected chi connectivity index (χ4v) is 1.81. The highest BCUT2D eigenvalue weighted by molar-refractivity contribution is 5.52. The summed E-state index contributed by atoms with van der Waals surface area (Å²) in [7, 11) is 2.00. The Morgan fingerprint density at radius 3 is 2.78 bits per heavy atom. The average Bonchev–Trinajstić information content (AvgIpc) is 2.82. The number of hydrogen-bond acceptors (Lipinski definition) is 4. The second-order valence-corrected chi connectivity index (χ2v) is 4.49. The van der Waals surface area contributed by atoms with E-state index in [0.717, 1.165) is 44.7 Å². The first-order chi connectivity index (χ1) is 8.86. The molecule has 5 nitrogen and oxygen atoms in total. The van der Waals surface area contributed by atoms with Gasteiger partial charge in [0.05, 0.1) is 5.11 Å². The van der Waals surface area contributed by atoms with E-state index < -0.39 is 0 Å². The van der Waals surface area contributed by atoms with Crippen LogP contribution in [0.1, 0.15) is 39.0 Å². The zero-order valence-corrected chi connectivity index (χ0v) is 11.7. The molecule has 0 saturated carbocycles. The Hall–Kier alpha value is -1.03. The number of hydrogen-bond donors (Lipinski definition) is 2. The van der Waals surface area contributed by atoms with Crippen molar-refractivity contribution in [2.75, 3.05) is 33.2 Å². The molecule has 102 valence electrons. The van der Waals surface area contributed by atoms with E-state index in [1.165, 1.54) is 19.3 Å². The Labute approximate surface area is 110 Å². The second-order valence-electron chi connectivity index (χ2n) is 4.49. The molecule has 0 fully saturated rings. The monoisotopic (exact) mass is 252 g/mol. The summed E-state index contributed by atoms with van der Waals surface area (Å²) in [6.07, 6.45) is 5.86. The molecule has 2 N–H and O–H groups in total. The fourth-order valence-electron chi connectivity index (χ4n) is 1.81. The highest BCUT2D eigenvalue weighted by atomic mass is 15.5. The Morgan fingerprint density at radius 1 is 1.17 bits per heavy atom. The van der Waals surface area contributed by atoms with E-state index >= 15 is 0 Å². The molecular weight excluding hydrogens is 226 g/mol. The van der Waals surface area contributed by atoms with Crippen LogP contribution >= 0.6 is 0 Å². The molecule has 1 aliphatic rings. The molecule has 1 heterocycles. The normalized spacial score (nSPS) is 13.9. The summed E-state index contributed by atoms with van der Waals surface area (Å²) in [5.74, 6) is 3.22. The lowest BCUT2D eigenvalue weighted by Gasteiger charge is -1.98. The van der Waals surface area contributed by atoms with Crippen LogP contribution < -0.4 is 10.6 Å². The van der Waals surface area contributed by atoms with Crippen molar-refractivity contribution in [2.24, 2.45) is 10.3 Å². The Balaban J connectivity index is 2.11. The molecule has 18 heavy (non-hydrogen) atoms. The molecule has 0 bridgehead atoms. The van der Waals surface area contributed by atoms with Gasteiger partial charge in [-0.3, -0.25) is 0 Å². The van der Waals surface area contributed by atoms with E-state index in [2.05, 4.69) is 33.8 Å². The van der Waals surface area contributed by atoms with Crippen LogP contribution in [-0.4, -0.2) is 43.8 Å². The summed E-state index contributed by atoms with van der Waals surface area (Å²) in [6, 6.07) is 0. The van der Waals surface area contributed by atoms with Crippen LogP contribution in [0.5, 0.6) is 0 Å². The third-order valence-corrected chi connectivity index (χ3v) is 2.87. The quantitative estimate of drug-likeness (QED) is 0.434. The summed E-state index contributed by atoms with van der Waals surface area (Å²) in [5, 5.41) is 14.7. The van der Waals surface area contributed by atoms with E-state index in [9.17, 15) is 0 Å². The first-order valence-corrected chi connectivity index (χ1v) is 7.03. The second kappa shape index (κ2) is 9.95. The van der Waals surface area contributed by atoms with Gasteiger partial charge in [-0.05, 0) is 39.4 Å². The standard InChI is InChI=1S/C13H26N5/c1-3-15-10-8-13-12-18(17-16-13)11-7-5-4-6-9-14-2/h14-15H,3-11H2,1-2H3/q+1. The highest BCUT2D eigenvalue weighted by Gasteiger charge is 2.13. The summed E-state index contributed by atoms with van der Waals surface area (Å²) in [4.78, 5) is 0. The van der Waals surface area contributed by atoms with Crippen LogP contribution in [0.3, 0.4) is 0 Å². The van der Waals surface area contributed by atoms with E-state index in [0.29, 0.717) is 0 Å². The van der Waals surface area contributed by atoms with Crippen LogP contribution in [0, 0.1) is 0 Å².